The highest BCUT2D eigenvalue weighted by atomic mass is 19.4. The molecular weight excluding hydrogens is 530 g/mol. The predicted molar refractivity (Wildman–Crippen MR) is 137 cm³/mol. The number of carbonyl (C=O) groups excluding carboxylic acids is 2. The zero-order chi connectivity index (χ0) is 29.2. The topological polar surface area (TPSA) is 107 Å². The average molecular weight is 562 g/mol. The molecule has 40 heavy (non-hydrogen) atoms. The molecule has 3 N–H and O–H groups in total. The van der Waals surface area contributed by atoms with Gasteiger partial charge in [0.05, 0.1) is 23.2 Å². The van der Waals surface area contributed by atoms with Crippen molar-refractivity contribution in [3.8, 4) is 5.75 Å². The van der Waals surface area contributed by atoms with E-state index >= 15 is 0 Å². The van der Waals surface area contributed by atoms with Crippen LogP contribution < -0.4 is 15.4 Å². The van der Waals surface area contributed by atoms with Crippen LogP contribution in [0.15, 0.2) is 36.7 Å². The Morgan fingerprint density at radius 3 is 2.60 bits per heavy atom. The molecule has 4 atom stereocenters. The number of nitrogens with zero attached hydrogens (tertiary/aromatic N) is 2. The van der Waals surface area contributed by atoms with E-state index in [1.165, 1.54) is 4.90 Å². The van der Waals surface area contributed by atoms with Gasteiger partial charge in [-0.25, -0.2) is 4.39 Å². The van der Waals surface area contributed by atoms with Gasteiger partial charge in [0.25, 0.3) is 0 Å². The normalized spacial score (nSPS) is 25.8. The monoisotopic (exact) mass is 561 g/mol. The Balaban J connectivity index is 1.42. The van der Waals surface area contributed by atoms with Gasteiger partial charge in [-0.15, -0.1) is 0 Å². The molecule has 0 bridgehead atoms. The maximum atomic E-state index is 14.9. The molecule has 3 aliphatic rings. The number of carbonyl (C=O) groups is 2. The fourth-order valence-corrected chi connectivity index (χ4v) is 5.86. The highest BCUT2D eigenvalue weighted by Crippen LogP contribution is 2.52. The molecule has 1 unspecified atom stereocenters. The summed E-state index contributed by atoms with van der Waals surface area (Å²) < 4.78 is 61.7. The maximum Gasteiger partial charge on any atom is 0.419 e. The Morgan fingerprint density at radius 1 is 1.25 bits per heavy atom. The third-order valence-corrected chi connectivity index (χ3v) is 7.63. The molecule has 1 saturated heterocycles. The molecule has 2 aromatic rings. The summed E-state index contributed by atoms with van der Waals surface area (Å²) in [6, 6.07) is 3.16. The Bertz CT molecular complexity index is 1340. The minimum Gasteiger partial charge on any atom is -0.487 e. The third-order valence-electron chi connectivity index (χ3n) is 7.63. The van der Waals surface area contributed by atoms with E-state index in [1.54, 1.807) is 38.4 Å². The van der Waals surface area contributed by atoms with Gasteiger partial charge in [0.15, 0.2) is 5.96 Å². The molecule has 8 nitrogen and oxygen atoms in total. The van der Waals surface area contributed by atoms with Gasteiger partial charge in [0, 0.05) is 36.7 Å². The number of hydrogen-bond acceptors (Lipinski definition) is 5. The molecule has 214 valence electrons. The van der Waals surface area contributed by atoms with Crippen LogP contribution >= 0.6 is 0 Å². The molecule has 1 aromatic heterocycles. The molecule has 3 heterocycles. The summed E-state index contributed by atoms with van der Waals surface area (Å²) in [5.74, 6) is -3.31. The van der Waals surface area contributed by atoms with Crippen molar-refractivity contribution in [1.29, 1.82) is 5.41 Å². The van der Waals surface area contributed by atoms with Crippen LogP contribution in [-0.4, -0.2) is 38.8 Å². The number of aromatic nitrogens is 1. The number of nitrogens with one attached hydrogen (secondary N) is 3. The van der Waals surface area contributed by atoms with Crippen LogP contribution in [0.3, 0.4) is 0 Å². The summed E-state index contributed by atoms with van der Waals surface area (Å²) >= 11 is 0. The van der Waals surface area contributed by atoms with Gasteiger partial charge in [-0.1, -0.05) is 6.07 Å². The quantitative estimate of drug-likeness (QED) is 0.452. The number of amides is 2. The molecule has 2 fully saturated rings. The molecule has 0 radical (unpaired) electrons. The van der Waals surface area contributed by atoms with Crippen LogP contribution in [0, 0.1) is 23.1 Å². The van der Waals surface area contributed by atoms with Gasteiger partial charge in [0.2, 0.25) is 11.8 Å². The lowest BCUT2D eigenvalue weighted by molar-refractivity contribution is -0.140. The Kier molecular flexibility index (Phi) is 6.58. The first-order chi connectivity index (χ1) is 18.6. The van der Waals surface area contributed by atoms with Crippen molar-refractivity contribution in [2.75, 3.05) is 0 Å². The lowest BCUT2D eigenvalue weighted by atomic mass is 9.87. The molecule has 2 aliphatic heterocycles. The molecule has 5 rings (SSSR count). The van der Waals surface area contributed by atoms with Crippen LogP contribution in [0.1, 0.15) is 75.7 Å². The van der Waals surface area contributed by atoms with Crippen molar-refractivity contribution in [2.24, 2.45) is 11.8 Å². The third kappa shape index (κ3) is 5.23. The Morgan fingerprint density at radius 2 is 1.98 bits per heavy atom. The highest BCUT2D eigenvalue weighted by molar-refractivity contribution is 5.99. The van der Waals surface area contributed by atoms with Gasteiger partial charge < -0.3 is 15.4 Å². The van der Waals surface area contributed by atoms with E-state index in [0.29, 0.717) is 18.1 Å². The lowest BCUT2D eigenvalue weighted by Gasteiger charge is -2.42. The maximum absolute atomic E-state index is 14.9. The number of fused-ring (bicyclic) bond motifs is 1. The number of rotatable bonds is 5. The van der Waals surface area contributed by atoms with Crippen LogP contribution in [0.5, 0.6) is 5.75 Å². The first-order valence-electron chi connectivity index (χ1n) is 13.1. The molecule has 1 aromatic carbocycles. The van der Waals surface area contributed by atoms with Crippen molar-refractivity contribution < 1.29 is 31.9 Å². The summed E-state index contributed by atoms with van der Waals surface area (Å²) in [5, 5.41) is 14.4. The standard InChI is InChI=1S/C28H31F4N5O3/c1-26(2)12-20(38)37(25(33)36-26)22(14-6-5-9-34-13-14)15-10-16(15)24(39)35-19-11-27(3,4)40-23-17(28(30,31)32)7-8-18(29)21(19)23/h5-9,13,15-16,19,22H,10-12H2,1-4H3,(H2,33,36)(H,35,39)/t15?,16-,19+,22-/m1/s1. The fourth-order valence-electron chi connectivity index (χ4n) is 5.86. The van der Waals surface area contributed by atoms with E-state index < -0.39 is 58.4 Å². The fraction of sp³-hybridized carbons (Fsp3) is 0.500. The number of guanidine groups is 1. The first-order valence-corrected chi connectivity index (χ1v) is 13.1. The minimum absolute atomic E-state index is 0.0572. The van der Waals surface area contributed by atoms with Gasteiger partial charge in [0.1, 0.15) is 17.2 Å². The summed E-state index contributed by atoms with van der Waals surface area (Å²) in [5.41, 5.74) is -2.49. The lowest BCUT2D eigenvalue weighted by Crippen LogP contribution is -2.60. The molecule has 1 aliphatic carbocycles. The van der Waals surface area contributed by atoms with Gasteiger partial charge in [-0.2, -0.15) is 13.2 Å². The number of benzene rings is 1. The minimum atomic E-state index is -4.77. The van der Waals surface area contributed by atoms with Crippen molar-refractivity contribution >= 4 is 17.8 Å². The molecule has 2 amide bonds. The summed E-state index contributed by atoms with van der Waals surface area (Å²) in [7, 11) is 0. The Labute approximate surface area is 229 Å². The van der Waals surface area contributed by atoms with Gasteiger partial charge >= 0.3 is 6.18 Å². The smallest absolute Gasteiger partial charge is 0.419 e. The number of hydrogen-bond donors (Lipinski definition) is 3. The first kappa shape index (κ1) is 27.9. The second kappa shape index (κ2) is 9.45. The number of alkyl halides is 3. The van der Waals surface area contributed by atoms with Crippen LogP contribution in [0.4, 0.5) is 17.6 Å². The number of halogens is 4. The van der Waals surface area contributed by atoms with Crippen molar-refractivity contribution in [2.45, 2.75) is 76.4 Å². The second-order valence-electron chi connectivity index (χ2n) is 12.0. The SMILES string of the molecule is CC1(C)CC(=O)N([C@H](c2cccnc2)C2C[C@H]2C(=O)N[C@H]2CC(C)(C)Oc3c(C(F)(F)F)ccc(F)c32)C(=N)N1. The van der Waals surface area contributed by atoms with E-state index in [2.05, 4.69) is 15.6 Å². The van der Waals surface area contributed by atoms with Gasteiger partial charge in [-0.05, 0) is 63.8 Å². The van der Waals surface area contributed by atoms with Crippen LogP contribution in [0.2, 0.25) is 0 Å². The average Bonchev–Trinajstić information content (AvgIpc) is 3.60. The molecule has 12 heteroatoms. The van der Waals surface area contributed by atoms with E-state index in [9.17, 15) is 27.2 Å². The summed E-state index contributed by atoms with van der Waals surface area (Å²) in [6.07, 6.45) is -1.03. The molecular formula is C28H31F4N5O3. The van der Waals surface area contributed by atoms with Crippen LogP contribution in [0.25, 0.3) is 0 Å². The highest BCUT2D eigenvalue weighted by Gasteiger charge is 2.54. The van der Waals surface area contributed by atoms with E-state index in [1.807, 2.05) is 13.8 Å². The van der Waals surface area contributed by atoms with Crippen molar-refractivity contribution in [1.82, 2.24) is 20.5 Å². The molecule has 1 saturated carbocycles. The predicted octanol–water partition coefficient (Wildman–Crippen LogP) is 4.87. The van der Waals surface area contributed by atoms with E-state index in [0.717, 1.165) is 6.07 Å². The summed E-state index contributed by atoms with van der Waals surface area (Å²) in [6.45, 7) is 6.81. The van der Waals surface area contributed by atoms with Gasteiger partial charge in [-0.3, -0.25) is 24.9 Å². The summed E-state index contributed by atoms with van der Waals surface area (Å²) in [4.78, 5) is 32.2. The van der Waals surface area contributed by atoms with Crippen molar-refractivity contribution in [3.05, 3.63) is 59.2 Å². The van der Waals surface area contributed by atoms with E-state index in [-0.39, 0.29) is 36.2 Å². The van der Waals surface area contributed by atoms with E-state index in [4.69, 9.17) is 10.1 Å². The zero-order valence-corrected chi connectivity index (χ0v) is 22.5. The largest absolute Gasteiger partial charge is 0.487 e. The number of pyridine rings is 1. The Hall–Kier alpha value is -3.70. The van der Waals surface area contributed by atoms with Crippen LogP contribution in [-0.2, 0) is 15.8 Å². The zero-order valence-electron chi connectivity index (χ0n) is 22.5. The number of ether oxygens (including phenoxy) is 1. The molecule has 0 spiro atoms. The van der Waals surface area contributed by atoms with Crippen molar-refractivity contribution in [3.63, 3.8) is 0 Å². The second-order valence-corrected chi connectivity index (χ2v) is 12.0.